The molecular formula is C14H21NO4. The van der Waals surface area contributed by atoms with Crippen molar-refractivity contribution >= 4 is 11.9 Å². The molecule has 1 aromatic heterocycles. The average Bonchev–Trinajstić information content (AvgIpc) is 2.73. The van der Waals surface area contributed by atoms with E-state index in [1.54, 1.807) is 12.1 Å². The summed E-state index contributed by atoms with van der Waals surface area (Å²) < 4.78 is 10.6. The molecule has 0 saturated heterocycles. The highest BCUT2D eigenvalue weighted by Crippen LogP contribution is 2.13. The second kappa shape index (κ2) is 6.97. The van der Waals surface area contributed by atoms with Gasteiger partial charge in [-0.25, -0.2) is 4.79 Å². The molecule has 0 aromatic carbocycles. The van der Waals surface area contributed by atoms with Crippen molar-refractivity contribution in [2.24, 2.45) is 5.92 Å². The third kappa shape index (κ3) is 5.59. The van der Waals surface area contributed by atoms with Crippen molar-refractivity contribution in [1.29, 1.82) is 0 Å². The standard InChI is InChI=1S/C14H21NO4/c1-9(2)7-10(3)18-14(17)13-6-5-12(19-13)8-15-11(4)16/h5-6,9-10H,7-8H2,1-4H3,(H,15,16). The maximum atomic E-state index is 11.8. The molecule has 0 aliphatic rings. The average molecular weight is 267 g/mol. The van der Waals surface area contributed by atoms with Gasteiger partial charge in [-0.15, -0.1) is 0 Å². The Labute approximate surface area is 113 Å². The van der Waals surface area contributed by atoms with Gasteiger partial charge in [-0.2, -0.15) is 0 Å². The Morgan fingerprint density at radius 2 is 2.00 bits per heavy atom. The zero-order valence-corrected chi connectivity index (χ0v) is 11.9. The molecule has 1 heterocycles. The van der Waals surface area contributed by atoms with Crippen LogP contribution in [0.3, 0.4) is 0 Å². The lowest BCUT2D eigenvalue weighted by atomic mass is 10.1. The maximum Gasteiger partial charge on any atom is 0.374 e. The van der Waals surface area contributed by atoms with Gasteiger partial charge in [0.1, 0.15) is 5.76 Å². The molecule has 1 atom stereocenters. The molecule has 1 N–H and O–H groups in total. The molecule has 0 saturated carbocycles. The Balaban J connectivity index is 2.51. The van der Waals surface area contributed by atoms with Crippen molar-refractivity contribution in [3.05, 3.63) is 23.7 Å². The van der Waals surface area contributed by atoms with Crippen LogP contribution in [0, 0.1) is 5.92 Å². The molecule has 1 rings (SSSR count). The number of rotatable bonds is 6. The minimum Gasteiger partial charge on any atom is -0.457 e. The number of nitrogens with one attached hydrogen (secondary N) is 1. The van der Waals surface area contributed by atoms with Gasteiger partial charge in [0, 0.05) is 6.92 Å². The van der Waals surface area contributed by atoms with Gasteiger partial charge in [0.25, 0.3) is 0 Å². The maximum absolute atomic E-state index is 11.8. The molecule has 0 bridgehead atoms. The Morgan fingerprint density at radius 1 is 1.32 bits per heavy atom. The van der Waals surface area contributed by atoms with Crippen molar-refractivity contribution in [1.82, 2.24) is 5.32 Å². The molecule has 0 aliphatic carbocycles. The van der Waals surface area contributed by atoms with E-state index in [4.69, 9.17) is 9.15 Å². The molecule has 1 amide bonds. The highest BCUT2D eigenvalue weighted by Gasteiger charge is 2.16. The van der Waals surface area contributed by atoms with Gasteiger partial charge in [-0.05, 0) is 31.4 Å². The van der Waals surface area contributed by atoms with Gasteiger partial charge in [0.15, 0.2) is 0 Å². The number of amides is 1. The van der Waals surface area contributed by atoms with Gasteiger partial charge in [0.2, 0.25) is 11.7 Å². The van der Waals surface area contributed by atoms with Crippen LogP contribution in [-0.2, 0) is 16.1 Å². The van der Waals surface area contributed by atoms with E-state index in [0.717, 1.165) is 6.42 Å². The van der Waals surface area contributed by atoms with Crippen molar-refractivity contribution in [2.45, 2.75) is 46.8 Å². The third-order valence-corrected chi connectivity index (χ3v) is 2.49. The van der Waals surface area contributed by atoms with Crippen LogP contribution in [0.4, 0.5) is 0 Å². The highest BCUT2D eigenvalue weighted by molar-refractivity contribution is 5.86. The first-order valence-corrected chi connectivity index (χ1v) is 6.42. The van der Waals surface area contributed by atoms with Crippen LogP contribution in [0.5, 0.6) is 0 Å². The van der Waals surface area contributed by atoms with Gasteiger partial charge in [0.05, 0.1) is 12.6 Å². The fourth-order valence-corrected chi connectivity index (χ4v) is 1.75. The van der Waals surface area contributed by atoms with E-state index in [1.165, 1.54) is 6.92 Å². The zero-order valence-electron chi connectivity index (χ0n) is 11.9. The number of carbonyl (C=O) groups is 2. The smallest absolute Gasteiger partial charge is 0.374 e. The first-order valence-electron chi connectivity index (χ1n) is 6.42. The monoisotopic (exact) mass is 267 g/mol. The van der Waals surface area contributed by atoms with Crippen LogP contribution in [0.25, 0.3) is 0 Å². The molecule has 0 aliphatic heterocycles. The lowest BCUT2D eigenvalue weighted by Crippen LogP contribution is -2.18. The third-order valence-electron chi connectivity index (χ3n) is 2.49. The minimum absolute atomic E-state index is 0.142. The second-order valence-electron chi connectivity index (χ2n) is 5.02. The summed E-state index contributed by atoms with van der Waals surface area (Å²) in [6, 6.07) is 3.21. The van der Waals surface area contributed by atoms with Crippen molar-refractivity contribution < 1.29 is 18.7 Å². The van der Waals surface area contributed by atoms with Crippen LogP contribution in [0.2, 0.25) is 0 Å². The molecule has 5 nitrogen and oxygen atoms in total. The lowest BCUT2D eigenvalue weighted by molar-refractivity contribution is -0.119. The van der Waals surface area contributed by atoms with Gasteiger partial charge < -0.3 is 14.5 Å². The number of hydrogen-bond donors (Lipinski definition) is 1. The van der Waals surface area contributed by atoms with Gasteiger partial charge in [-0.1, -0.05) is 13.8 Å². The predicted molar refractivity (Wildman–Crippen MR) is 70.6 cm³/mol. The van der Waals surface area contributed by atoms with Crippen LogP contribution < -0.4 is 5.32 Å². The number of furan rings is 1. The van der Waals surface area contributed by atoms with Crippen LogP contribution >= 0.6 is 0 Å². The number of ether oxygens (including phenoxy) is 1. The van der Waals surface area contributed by atoms with Crippen LogP contribution in [0.15, 0.2) is 16.5 Å². The van der Waals surface area contributed by atoms with E-state index in [1.807, 2.05) is 6.92 Å². The number of hydrogen-bond acceptors (Lipinski definition) is 4. The van der Waals surface area contributed by atoms with Crippen molar-refractivity contribution in [2.75, 3.05) is 0 Å². The van der Waals surface area contributed by atoms with E-state index in [2.05, 4.69) is 19.2 Å². The molecular weight excluding hydrogens is 246 g/mol. The highest BCUT2D eigenvalue weighted by atomic mass is 16.6. The Bertz CT molecular complexity index is 436. The Morgan fingerprint density at radius 3 is 2.58 bits per heavy atom. The summed E-state index contributed by atoms with van der Waals surface area (Å²) in [4.78, 5) is 22.5. The van der Waals surface area contributed by atoms with Crippen molar-refractivity contribution in [3.63, 3.8) is 0 Å². The fourth-order valence-electron chi connectivity index (χ4n) is 1.75. The fraction of sp³-hybridized carbons (Fsp3) is 0.571. The molecule has 1 unspecified atom stereocenters. The molecule has 0 spiro atoms. The summed E-state index contributed by atoms with van der Waals surface area (Å²) in [7, 11) is 0. The second-order valence-corrected chi connectivity index (χ2v) is 5.02. The number of carbonyl (C=O) groups excluding carboxylic acids is 2. The molecule has 106 valence electrons. The summed E-state index contributed by atoms with van der Waals surface area (Å²) in [6.07, 6.45) is 0.668. The Hall–Kier alpha value is -1.78. The first-order chi connectivity index (χ1) is 8.88. The van der Waals surface area contributed by atoms with E-state index < -0.39 is 5.97 Å². The van der Waals surface area contributed by atoms with Crippen LogP contribution in [0.1, 0.15) is 50.4 Å². The summed E-state index contributed by atoms with van der Waals surface area (Å²) >= 11 is 0. The minimum atomic E-state index is -0.470. The normalized spacial score (nSPS) is 12.3. The van der Waals surface area contributed by atoms with Crippen LogP contribution in [-0.4, -0.2) is 18.0 Å². The topological polar surface area (TPSA) is 68.5 Å². The lowest BCUT2D eigenvalue weighted by Gasteiger charge is -2.14. The van der Waals surface area contributed by atoms with E-state index in [0.29, 0.717) is 11.7 Å². The molecule has 0 fully saturated rings. The van der Waals surface area contributed by atoms with E-state index in [9.17, 15) is 9.59 Å². The first kappa shape index (κ1) is 15.3. The Kier molecular flexibility index (Phi) is 5.60. The summed E-state index contributed by atoms with van der Waals surface area (Å²) in [5, 5.41) is 2.60. The molecule has 1 aromatic rings. The summed E-state index contributed by atoms with van der Waals surface area (Å²) in [6.45, 7) is 7.69. The summed E-state index contributed by atoms with van der Waals surface area (Å²) in [5.74, 6) is 0.539. The van der Waals surface area contributed by atoms with Gasteiger partial charge in [-0.3, -0.25) is 4.79 Å². The predicted octanol–water partition coefficient (Wildman–Crippen LogP) is 2.51. The van der Waals surface area contributed by atoms with Gasteiger partial charge >= 0.3 is 5.97 Å². The SMILES string of the molecule is CC(=O)NCc1ccc(C(=O)OC(C)CC(C)C)o1. The largest absolute Gasteiger partial charge is 0.457 e. The quantitative estimate of drug-likeness (QED) is 0.804. The van der Waals surface area contributed by atoms with Crippen molar-refractivity contribution in [3.8, 4) is 0 Å². The number of esters is 1. The summed E-state index contributed by atoms with van der Waals surface area (Å²) in [5.41, 5.74) is 0. The molecule has 0 radical (unpaired) electrons. The van der Waals surface area contributed by atoms with E-state index >= 15 is 0 Å². The molecule has 19 heavy (non-hydrogen) atoms. The van der Waals surface area contributed by atoms with E-state index in [-0.39, 0.29) is 24.3 Å². The molecule has 5 heteroatoms. The zero-order chi connectivity index (χ0) is 14.4.